The Morgan fingerprint density at radius 1 is 1.10 bits per heavy atom. The molecule has 1 aromatic heterocycles. The van der Waals surface area contributed by atoms with Crippen molar-refractivity contribution in [3.63, 3.8) is 0 Å². The molecule has 0 fully saturated rings. The second-order valence-corrected chi connectivity index (χ2v) is 8.51. The molecule has 3 aromatic rings. The molecule has 2 aromatic carbocycles. The van der Waals surface area contributed by atoms with E-state index in [0.29, 0.717) is 5.92 Å². The van der Waals surface area contributed by atoms with E-state index >= 15 is 0 Å². The lowest BCUT2D eigenvalue weighted by atomic mass is 10.0. The minimum absolute atomic E-state index is 0.0252. The van der Waals surface area contributed by atoms with Crippen molar-refractivity contribution in [2.75, 3.05) is 11.9 Å². The van der Waals surface area contributed by atoms with Gasteiger partial charge in [-0.1, -0.05) is 32.4 Å². The average Bonchev–Trinajstić information content (AvgIpc) is 3.00. The number of nitrogens with zero attached hydrogens (tertiary/aromatic N) is 3. The number of rotatable bonds is 6. The Bertz CT molecular complexity index is 1050. The molecule has 0 radical (unpaired) electrons. The van der Waals surface area contributed by atoms with E-state index in [1.54, 1.807) is 0 Å². The molecule has 0 saturated carbocycles. The summed E-state index contributed by atoms with van der Waals surface area (Å²) >= 11 is 0. The quantitative estimate of drug-likeness (QED) is 0.603. The van der Waals surface area contributed by atoms with Crippen LogP contribution >= 0.6 is 0 Å². The Hall–Kier alpha value is -3.15. The number of hydrogen-bond donors (Lipinski definition) is 1. The SMILES string of the molecule is Cc1ccc(C(C)C)c(OCC(=O)Nc2ccc(-c3nnc4n3CCCCC4)cc2)c1. The Balaban J connectivity index is 1.39. The molecule has 0 atom stereocenters. The summed E-state index contributed by atoms with van der Waals surface area (Å²) in [4.78, 5) is 12.4. The van der Waals surface area contributed by atoms with Crippen LogP contribution in [0, 0.1) is 6.92 Å². The number of carbonyl (C=O) groups is 1. The number of ether oxygens (including phenoxy) is 1. The number of carbonyl (C=O) groups excluding carboxylic acids is 1. The zero-order valence-electron chi connectivity index (χ0n) is 18.5. The lowest BCUT2D eigenvalue weighted by Gasteiger charge is -2.15. The lowest BCUT2D eigenvalue weighted by Crippen LogP contribution is -2.20. The molecule has 0 spiro atoms. The maximum absolute atomic E-state index is 12.4. The van der Waals surface area contributed by atoms with Crippen molar-refractivity contribution in [1.29, 1.82) is 0 Å². The zero-order valence-corrected chi connectivity index (χ0v) is 18.5. The summed E-state index contributed by atoms with van der Waals surface area (Å²) in [6.07, 6.45) is 4.55. The van der Waals surface area contributed by atoms with Gasteiger partial charge in [0.25, 0.3) is 5.91 Å². The van der Waals surface area contributed by atoms with E-state index < -0.39 is 0 Å². The highest BCUT2D eigenvalue weighted by atomic mass is 16.5. The number of benzene rings is 2. The highest BCUT2D eigenvalue weighted by molar-refractivity contribution is 5.92. The van der Waals surface area contributed by atoms with Gasteiger partial charge in [0.05, 0.1) is 0 Å². The van der Waals surface area contributed by atoms with Crippen LogP contribution in [0.1, 0.15) is 56.0 Å². The normalized spacial score (nSPS) is 13.5. The molecule has 1 aliphatic rings. The third-order valence-corrected chi connectivity index (χ3v) is 5.69. The summed E-state index contributed by atoms with van der Waals surface area (Å²) in [5.74, 6) is 2.89. The zero-order chi connectivity index (χ0) is 21.8. The van der Waals surface area contributed by atoms with Crippen molar-refractivity contribution in [2.45, 2.75) is 58.9 Å². The maximum Gasteiger partial charge on any atom is 0.262 e. The van der Waals surface area contributed by atoms with Gasteiger partial charge in [0.1, 0.15) is 11.6 Å². The monoisotopic (exact) mass is 418 g/mol. The van der Waals surface area contributed by atoms with Gasteiger partial charge in [-0.2, -0.15) is 0 Å². The molecule has 162 valence electrons. The molecule has 6 nitrogen and oxygen atoms in total. The molecule has 0 bridgehead atoms. The molecule has 6 heteroatoms. The topological polar surface area (TPSA) is 69.0 Å². The van der Waals surface area contributed by atoms with Crippen LogP contribution < -0.4 is 10.1 Å². The van der Waals surface area contributed by atoms with Gasteiger partial charge >= 0.3 is 0 Å². The van der Waals surface area contributed by atoms with Crippen molar-refractivity contribution in [1.82, 2.24) is 14.8 Å². The molecule has 0 unspecified atom stereocenters. The van der Waals surface area contributed by atoms with E-state index in [1.807, 2.05) is 37.3 Å². The van der Waals surface area contributed by atoms with E-state index in [-0.39, 0.29) is 12.5 Å². The van der Waals surface area contributed by atoms with Crippen LogP contribution in [0.2, 0.25) is 0 Å². The fourth-order valence-electron chi connectivity index (χ4n) is 3.99. The van der Waals surface area contributed by atoms with E-state index in [2.05, 4.69) is 46.1 Å². The van der Waals surface area contributed by atoms with Crippen molar-refractivity contribution < 1.29 is 9.53 Å². The summed E-state index contributed by atoms with van der Waals surface area (Å²) in [6, 6.07) is 13.9. The summed E-state index contributed by atoms with van der Waals surface area (Å²) in [7, 11) is 0. The Labute approximate surface area is 183 Å². The number of hydrogen-bond acceptors (Lipinski definition) is 4. The van der Waals surface area contributed by atoms with Crippen molar-refractivity contribution >= 4 is 11.6 Å². The number of fused-ring (bicyclic) bond motifs is 1. The first-order valence-corrected chi connectivity index (χ1v) is 11.1. The highest BCUT2D eigenvalue weighted by Crippen LogP contribution is 2.28. The molecular weight excluding hydrogens is 388 g/mol. The average molecular weight is 419 g/mol. The fraction of sp³-hybridized carbons (Fsp3) is 0.400. The number of anilines is 1. The first-order valence-electron chi connectivity index (χ1n) is 11.1. The van der Waals surface area contributed by atoms with Crippen LogP contribution in [0.5, 0.6) is 5.75 Å². The van der Waals surface area contributed by atoms with E-state index in [0.717, 1.165) is 59.2 Å². The molecule has 0 aliphatic carbocycles. The van der Waals surface area contributed by atoms with Crippen LogP contribution in [0.3, 0.4) is 0 Å². The molecule has 1 aliphatic heterocycles. The van der Waals surface area contributed by atoms with Crippen molar-refractivity contribution in [3.05, 3.63) is 59.4 Å². The predicted molar refractivity (Wildman–Crippen MR) is 122 cm³/mol. The van der Waals surface area contributed by atoms with Crippen LogP contribution in [0.15, 0.2) is 42.5 Å². The van der Waals surface area contributed by atoms with E-state index in [9.17, 15) is 4.79 Å². The maximum atomic E-state index is 12.4. The molecule has 4 rings (SSSR count). The third-order valence-electron chi connectivity index (χ3n) is 5.69. The van der Waals surface area contributed by atoms with Gasteiger partial charge in [-0.15, -0.1) is 10.2 Å². The van der Waals surface area contributed by atoms with Crippen molar-refractivity contribution in [3.8, 4) is 17.1 Å². The molecule has 1 amide bonds. The van der Waals surface area contributed by atoms with E-state index in [4.69, 9.17) is 4.74 Å². The van der Waals surface area contributed by atoms with Gasteiger partial charge < -0.3 is 14.6 Å². The summed E-state index contributed by atoms with van der Waals surface area (Å²) in [5, 5.41) is 11.7. The molecule has 2 heterocycles. The Morgan fingerprint density at radius 2 is 1.90 bits per heavy atom. The van der Waals surface area contributed by atoms with Gasteiger partial charge in [-0.25, -0.2) is 0 Å². The second kappa shape index (κ2) is 9.33. The molecule has 31 heavy (non-hydrogen) atoms. The van der Waals surface area contributed by atoms with E-state index in [1.165, 1.54) is 12.8 Å². The number of amides is 1. The minimum Gasteiger partial charge on any atom is -0.483 e. The summed E-state index contributed by atoms with van der Waals surface area (Å²) in [5.41, 5.74) is 3.97. The summed E-state index contributed by atoms with van der Waals surface area (Å²) < 4.78 is 8.06. The summed E-state index contributed by atoms with van der Waals surface area (Å²) in [6.45, 7) is 7.20. The van der Waals surface area contributed by atoms with Crippen molar-refractivity contribution in [2.24, 2.45) is 0 Å². The smallest absolute Gasteiger partial charge is 0.262 e. The highest BCUT2D eigenvalue weighted by Gasteiger charge is 2.16. The van der Waals surface area contributed by atoms with Gasteiger partial charge in [0.2, 0.25) is 0 Å². The third kappa shape index (κ3) is 4.95. The van der Waals surface area contributed by atoms with Gasteiger partial charge in [0.15, 0.2) is 12.4 Å². The fourth-order valence-corrected chi connectivity index (χ4v) is 3.99. The first-order chi connectivity index (χ1) is 15.0. The van der Waals surface area contributed by atoms with Crippen LogP contribution in [-0.4, -0.2) is 27.3 Å². The standard InChI is InChI=1S/C25H30N4O2/c1-17(2)21-13-8-18(3)15-22(21)31-16-24(30)26-20-11-9-19(10-12-20)25-28-27-23-7-5-4-6-14-29(23)25/h8-13,15,17H,4-7,14,16H2,1-3H3,(H,26,30). The second-order valence-electron chi connectivity index (χ2n) is 8.51. The van der Waals surface area contributed by atoms with Crippen LogP contribution in [0.4, 0.5) is 5.69 Å². The van der Waals surface area contributed by atoms with Gasteiger partial charge in [-0.3, -0.25) is 4.79 Å². The number of nitrogens with one attached hydrogen (secondary N) is 1. The molecule has 1 N–H and O–H groups in total. The van der Waals surface area contributed by atoms with Gasteiger partial charge in [0, 0.05) is 24.2 Å². The number of aryl methyl sites for hydroxylation is 2. The largest absolute Gasteiger partial charge is 0.483 e. The Morgan fingerprint density at radius 3 is 2.68 bits per heavy atom. The minimum atomic E-state index is -0.180. The molecular formula is C25H30N4O2. The molecule has 0 saturated heterocycles. The first kappa shape index (κ1) is 21.1. The Kier molecular flexibility index (Phi) is 6.35. The van der Waals surface area contributed by atoms with Crippen LogP contribution in [0.25, 0.3) is 11.4 Å². The lowest BCUT2D eigenvalue weighted by molar-refractivity contribution is -0.118. The van der Waals surface area contributed by atoms with Gasteiger partial charge in [-0.05, 0) is 67.1 Å². The number of aromatic nitrogens is 3. The predicted octanol–water partition coefficient (Wildman–Crippen LogP) is 5.12. The van der Waals surface area contributed by atoms with Crippen LogP contribution in [-0.2, 0) is 17.8 Å².